The van der Waals surface area contributed by atoms with E-state index in [1.165, 1.54) is 54.2 Å². The van der Waals surface area contributed by atoms with Crippen LogP contribution in [-0.4, -0.2) is 23.9 Å². The summed E-state index contributed by atoms with van der Waals surface area (Å²) in [5, 5.41) is 4.06. The zero-order valence-electron chi connectivity index (χ0n) is 15.9. The van der Waals surface area contributed by atoms with Crippen LogP contribution in [0, 0.1) is 5.82 Å². The van der Waals surface area contributed by atoms with E-state index in [-0.39, 0.29) is 17.8 Å². The molecule has 1 fully saturated rings. The largest absolute Gasteiger partial charge is 0.318 e. The van der Waals surface area contributed by atoms with Crippen LogP contribution in [0.15, 0.2) is 24.3 Å². The lowest BCUT2D eigenvalue weighted by atomic mass is 9.88. The molecule has 0 radical (unpaired) electrons. The molecular weight excluding hydrogens is 359 g/mol. The highest BCUT2D eigenvalue weighted by atomic mass is 32.1. The Hall–Kier alpha value is -1.72. The molecule has 1 unspecified atom stereocenters. The molecule has 1 N–H and O–H groups in total. The van der Waals surface area contributed by atoms with Gasteiger partial charge in [0.2, 0.25) is 5.91 Å². The number of carbonyl (C=O) groups excluding carboxylic acids is 1. The monoisotopic (exact) mass is 386 g/mol. The summed E-state index contributed by atoms with van der Waals surface area (Å²) in [5.74, 6) is -0.230. The Balaban J connectivity index is 1.86. The van der Waals surface area contributed by atoms with Crippen LogP contribution in [0.2, 0.25) is 0 Å². The molecule has 3 nitrogen and oxygen atoms in total. The highest BCUT2D eigenvalue weighted by molar-refractivity contribution is 7.16. The molecule has 0 bridgehead atoms. The lowest BCUT2D eigenvalue weighted by molar-refractivity contribution is -0.114. The van der Waals surface area contributed by atoms with E-state index in [2.05, 4.69) is 10.2 Å². The lowest BCUT2D eigenvalue weighted by Crippen LogP contribution is -2.35. The predicted molar refractivity (Wildman–Crippen MR) is 109 cm³/mol. The minimum Gasteiger partial charge on any atom is -0.318 e. The maximum atomic E-state index is 14.1. The van der Waals surface area contributed by atoms with Crippen LogP contribution < -0.4 is 5.32 Å². The molecule has 4 rings (SSSR count). The van der Waals surface area contributed by atoms with Gasteiger partial charge in [-0.2, -0.15) is 0 Å². The number of carbonyl (C=O) groups is 1. The Kier molecular flexibility index (Phi) is 5.60. The lowest BCUT2D eigenvalue weighted by Gasteiger charge is -2.36. The standard InChI is InChI=1S/C22H27FN2OS/c1-15(26)24-22-20(18-10-3-4-11-19(18)27-22)21(25-12-5-2-6-13-25)16-8-7-9-17(23)14-16/h7-9,14,21H,2-6,10-13H2,1H3,(H,24,26). The zero-order chi connectivity index (χ0) is 18.8. The Morgan fingerprint density at radius 2 is 1.93 bits per heavy atom. The van der Waals surface area contributed by atoms with Crippen LogP contribution in [0.25, 0.3) is 0 Å². The average Bonchev–Trinajstić information content (AvgIpc) is 3.00. The first kappa shape index (κ1) is 18.6. The molecule has 2 heterocycles. The van der Waals surface area contributed by atoms with Crippen molar-refractivity contribution in [1.29, 1.82) is 0 Å². The summed E-state index contributed by atoms with van der Waals surface area (Å²) in [5.41, 5.74) is 3.61. The van der Waals surface area contributed by atoms with Gasteiger partial charge in [0.05, 0.1) is 6.04 Å². The van der Waals surface area contributed by atoms with Gasteiger partial charge >= 0.3 is 0 Å². The van der Waals surface area contributed by atoms with Gasteiger partial charge in [-0.3, -0.25) is 9.69 Å². The van der Waals surface area contributed by atoms with Crippen molar-refractivity contribution < 1.29 is 9.18 Å². The fraction of sp³-hybridized carbons (Fsp3) is 0.500. The first-order valence-corrected chi connectivity index (χ1v) is 10.9. The smallest absolute Gasteiger partial charge is 0.221 e. The molecule has 1 aromatic carbocycles. The predicted octanol–water partition coefficient (Wildman–Crippen LogP) is 5.30. The number of anilines is 1. The number of hydrogen-bond acceptors (Lipinski definition) is 3. The van der Waals surface area contributed by atoms with Crippen LogP contribution in [-0.2, 0) is 17.6 Å². The van der Waals surface area contributed by atoms with Crippen molar-refractivity contribution in [2.75, 3.05) is 18.4 Å². The molecule has 0 saturated carbocycles. The maximum Gasteiger partial charge on any atom is 0.221 e. The quantitative estimate of drug-likeness (QED) is 0.773. The van der Waals surface area contributed by atoms with Crippen molar-refractivity contribution in [3.05, 3.63) is 51.7 Å². The first-order valence-electron chi connectivity index (χ1n) is 10.0. The first-order chi connectivity index (χ1) is 13.1. The maximum absolute atomic E-state index is 14.1. The van der Waals surface area contributed by atoms with Gasteiger partial charge in [-0.25, -0.2) is 4.39 Å². The molecule has 1 aliphatic heterocycles. The number of likely N-dealkylation sites (tertiary alicyclic amines) is 1. The molecule has 2 aromatic rings. The van der Waals surface area contributed by atoms with E-state index in [0.29, 0.717) is 0 Å². The molecule has 1 aliphatic carbocycles. The molecule has 1 saturated heterocycles. The Labute approximate surface area is 164 Å². The summed E-state index contributed by atoms with van der Waals surface area (Å²) < 4.78 is 14.1. The molecule has 0 spiro atoms. The van der Waals surface area contributed by atoms with Gasteiger partial charge in [-0.1, -0.05) is 18.6 Å². The molecule has 144 valence electrons. The second-order valence-corrected chi connectivity index (χ2v) is 8.79. The van der Waals surface area contributed by atoms with Gasteiger partial charge in [0, 0.05) is 17.4 Å². The van der Waals surface area contributed by atoms with Gasteiger partial charge in [0.15, 0.2) is 0 Å². The number of hydrogen-bond donors (Lipinski definition) is 1. The van der Waals surface area contributed by atoms with E-state index in [1.54, 1.807) is 30.4 Å². The van der Waals surface area contributed by atoms with Gasteiger partial charge in [-0.15, -0.1) is 11.3 Å². The summed E-state index contributed by atoms with van der Waals surface area (Å²) >= 11 is 1.73. The number of aryl methyl sites for hydroxylation is 1. The van der Waals surface area contributed by atoms with Crippen molar-refractivity contribution in [2.45, 2.75) is 57.9 Å². The van der Waals surface area contributed by atoms with Gasteiger partial charge in [-0.05, 0) is 74.9 Å². The van der Waals surface area contributed by atoms with Crippen LogP contribution in [0.4, 0.5) is 9.39 Å². The second-order valence-electron chi connectivity index (χ2n) is 7.69. The Morgan fingerprint density at radius 3 is 2.67 bits per heavy atom. The van der Waals surface area contributed by atoms with Gasteiger partial charge < -0.3 is 5.32 Å². The van der Waals surface area contributed by atoms with E-state index < -0.39 is 0 Å². The van der Waals surface area contributed by atoms with E-state index in [9.17, 15) is 9.18 Å². The zero-order valence-corrected chi connectivity index (χ0v) is 16.7. The summed E-state index contributed by atoms with van der Waals surface area (Å²) in [7, 11) is 0. The summed E-state index contributed by atoms with van der Waals surface area (Å²) in [6.07, 6.45) is 8.14. The molecule has 27 heavy (non-hydrogen) atoms. The molecule has 1 aromatic heterocycles. The van der Waals surface area contributed by atoms with Crippen LogP contribution >= 0.6 is 11.3 Å². The van der Waals surface area contributed by atoms with Crippen molar-refractivity contribution in [3.63, 3.8) is 0 Å². The van der Waals surface area contributed by atoms with Crippen LogP contribution in [0.5, 0.6) is 0 Å². The fourth-order valence-electron chi connectivity index (χ4n) is 4.55. The van der Waals surface area contributed by atoms with E-state index in [0.717, 1.165) is 36.5 Å². The number of piperidine rings is 1. The number of thiophene rings is 1. The number of nitrogens with one attached hydrogen (secondary N) is 1. The minimum atomic E-state index is -0.195. The van der Waals surface area contributed by atoms with Crippen LogP contribution in [0.1, 0.15) is 66.6 Å². The van der Waals surface area contributed by atoms with Gasteiger partial charge in [0.25, 0.3) is 0 Å². The molecule has 1 amide bonds. The Bertz CT molecular complexity index is 826. The fourth-order valence-corrected chi connectivity index (χ4v) is 5.91. The van der Waals surface area contributed by atoms with E-state index >= 15 is 0 Å². The van der Waals surface area contributed by atoms with Crippen LogP contribution in [0.3, 0.4) is 0 Å². The molecule has 2 aliphatic rings. The van der Waals surface area contributed by atoms with E-state index in [4.69, 9.17) is 0 Å². The summed E-state index contributed by atoms with van der Waals surface area (Å²) in [4.78, 5) is 15.8. The van der Waals surface area contributed by atoms with Gasteiger partial charge in [0.1, 0.15) is 10.8 Å². The normalized spacial score (nSPS) is 18.7. The minimum absolute atomic E-state index is 0.0148. The topological polar surface area (TPSA) is 32.3 Å². The van der Waals surface area contributed by atoms with E-state index in [1.807, 2.05) is 6.07 Å². The summed E-state index contributed by atoms with van der Waals surface area (Å²) in [6, 6.07) is 7.03. The number of nitrogens with zero attached hydrogens (tertiary/aromatic N) is 1. The molecule has 1 atom stereocenters. The number of amides is 1. The third kappa shape index (κ3) is 3.94. The highest BCUT2D eigenvalue weighted by Gasteiger charge is 2.32. The Morgan fingerprint density at radius 1 is 1.15 bits per heavy atom. The van der Waals surface area contributed by atoms with Crippen molar-refractivity contribution in [1.82, 2.24) is 4.90 Å². The SMILES string of the molecule is CC(=O)Nc1sc2c(c1C(c1cccc(F)c1)N1CCCCC1)CCCC2. The highest BCUT2D eigenvalue weighted by Crippen LogP contribution is 2.46. The van der Waals surface area contributed by atoms with Crippen molar-refractivity contribution in [2.24, 2.45) is 0 Å². The van der Waals surface area contributed by atoms with Crippen molar-refractivity contribution in [3.8, 4) is 0 Å². The third-order valence-electron chi connectivity index (χ3n) is 5.70. The average molecular weight is 387 g/mol. The third-order valence-corrected chi connectivity index (χ3v) is 6.92. The molecular formula is C22H27FN2OS. The number of benzene rings is 1. The summed E-state index contributed by atoms with van der Waals surface area (Å²) in [6.45, 7) is 3.61. The number of rotatable bonds is 4. The van der Waals surface area contributed by atoms with Crippen molar-refractivity contribution >= 4 is 22.2 Å². The number of halogens is 1. The second kappa shape index (κ2) is 8.11. The molecule has 5 heteroatoms. The number of fused-ring (bicyclic) bond motifs is 1.